The highest BCUT2D eigenvalue weighted by atomic mass is 19.4. The van der Waals surface area contributed by atoms with Gasteiger partial charge in [0.05, 0.1) is 17.2 Å². The molecule has 4 rings (SSSR count). The van der Waals surface area contributed by atoms with E-state index in [1.54, 1.807) is 18.2 Å². The maximum atomic E-state index is 13.4. The zero-order valence-electron chi connectivity index (χ0n) is 18.6. The van der Waals surface area contributed by atoms with E-state index < -0.39 is 29.1 Å². The third kappa shape index (κ3) is 4.20. The van der Waals surface area contributed by atoms with Crippen molar-refractivity contribution in [3.8, 4) is 0 Å². The Hall–Kier alpha value is -3.56. The second kappa shape index (κ2) is 8.66. The minimum absolute atomic E-state index is 0.0764. The fraction of sp³-hybridized carbons (Fsp3) is 0.375. The van der Waals surface area contributed by atoms with Crippen molar-refractivity contribution >= 4 is 17.5 Å². The van der Waals surface area contributed by atoms with Gasteiger partial charge in [-0.25, -0.2) is 4.79 Å². The number of hydrogen-bond donors (Lipinski definition) is 2. The molecule has 3 amide bonds. The maximum absolute atomic E-state index is 13.4. The van der Waals surface area contributed by atoms with Gasteiger partial charge in [-0.1, -0.05) is 30.3 Å². The molecule has 4 N–H and O–H groups in total. The van der Waals surface area contributed by atoms with Gasteiger partial charge in [-0.15, -0.1) is 0 Å². The van der Waals surface area contributed by atoms with E-state index in [1.807, 2.05) is 6.92 Å². The quantitative estimate of drug-likeness (QED) is 0.675. The van der Waals surface area contributed by atoms with E-state index in [1.165, 1.54) is 17.2 Å². The molecule has 2 aliphatic rings. The first kappa shape index (κ1) is 23.6. The van der Waals surface area contributed by atoms with E-state index in [2.05, 4.69) is 5.16 Å². The van der Waals surface area contributed by atoms with Gasteiger partial charge in [0.15, 0.2) is 0 Å². The average molecular weight is 474 g/mol. The van der Waals surface area contributed by atoms with Gasteiger partial charge in [-0.2, -0.15) is 13.2 Å². The molecule has 180 valence electrons. The number of halogens is 3. The molecule has 7 nitrogen and oxygen atoms in total. The number of allylic oxidation sites excluding steroid dienone is 2. The molecule has 1 aromatic carbocycles. The summed E-state index contributed by atoms with van der Waals surface area (Å²) in [4.78, 5) is 26.4. The van der Waals surface area contributed by atoms with Gasteiger partial charge in [0.1, 0.15) is 5.76 Å². The van der Waals surface area contributed by atoms with Gasteiger partial charge in [0.25, 0.3) is 0 Å². The van der Waals surface area contributed by atoms with Gasteiger partial charge in [0.2, 0.25) is 5.91 Å². The summed E-state index contributed by atoms with van der Waals surface area (Å²) >= 11 is 0. The van der Waals surface area contributed by atoms with E-state index in [4.69, 9.17) is 16.0 Å². The lowest BCUT2D eigenvalue weighted by molar-refractivity contribution is -0.137. The molecule has 0 radical (unpaired) electrons. The van der Waals surface area contributed by atoms with Gasteiger partial charge in [0, 0.05) is 25.1 Å². The van der Waals surface area contributed by atoms with Crippen LogP contribution in [-0.4, -0.2) is 35.1 Å². The second-order valence-electron chi connectivity index (χ2n) is 8.83. The van der Waals surface area contributed by atoms with Crippen molar-refractivity contribution in [3.05, 3.63) is 70.6 Å². The number of alkyl halides is 3. The molecule has 2 aromatic rings. The average Bonchev–Trinajstić information content (AvgIpc) is 3.33. The fourth-order valence-electron chi connectivity index (χ4n) is 5.03. The third-order valence-corrected chi connectivity index (χ3v) is 6.78. The summed E-state index contributed by atoms with van der Waals surface area (Å²) in [6.07, 6.45) is -0.387. The van der Waals surface area contributed by atoms with Crippen LogP contribution in [0, 0.1) is 5.41 Å². The number of carbonyl (C=O) groups excluding carboxylic acids is 2. The highest BCUT2D eigenvalue weighted by molar-refractivity contribution is 5.92. The van der Waals surface area contributed by atoms with E-state index in [9.17, 15) is 22.8 Å². The molecule has 0 saturated heterocycles. The van der Waals surface area contributed by atoms with Crippen LogP contribution >= 0.6 is 0 Å². The Kier molecular flexibility index (Phi) is 6.01. The number of carbonyl (C=O) groups is 2. The maximum Gasteiger partial charge on any atom is 0.416 e. The molecule has 2 unspecified atom stereocenters. The van der Waals surface area contributed by atoms with Gasteiger partial charge in [-0.3, -0.25) is 4.79 Å². The first-order valence-corrected chi connectivity index (χ1v) is 10.9. The van der Waals surface area contributed by atoms with E-state index >= 15 is 0 Å². The number of urea groups is 1. The predicted octanol–water partition coefficient (Wildman–Crippen LogP) is 4.23. The van der Waals surface area contributed by atoms with Crippen molar-refractivity contribution in [2.24, 2.45) is 16.9 Å². The number of benzene rings is 1. The third-order valence-electron chi connectivity index (χ3n) is 6.78. The molecular weight excluding hydrogens is 449 g/mol. The van der Waals surface area contributed by atoms with Crippen molar-refractivity contribution < 1.29 is 27.3 Å². The molecule has 34 heavy (non-hydrogen) atoms. The molecule has 0 bridgehead atoms. The van der Waals surface area contributed by atoms with E-state index in [0.717, 1.165) is 17.7 Å². The molecular formula is C24H25F3N4O3. The lowest BCUT2D eigenvalue weighted by Crippen LogP contribution is -2.49. The van der Waals surface area contributed by atoms with Crippen LogP contribution in [0.5, 0.6) is 0 Å². The Balaban J connectivity index is 1.82. The Morgan fingerprint density at radius 2 is 2.03 bits per heavy atom. The summed E-state index contributed by atoms with van der Waals surface area (Å²) in [5.74, 6) is -0.216. The monoisotopic (exact) mass is 474 g/mol. The van der Waals surface area contributed by atoms with Crippen LogP contribution in [-0.2, 0) is 11.0 Å². The van der Waals surface area contributed by atoms with Crippen molar-refractivity contribution in [3.63, 3.8) is 0 Å². The number of nitrogens with zero attached hydrogens (tertiary/aromatic N) is 2. The Bertz CT molecular complexity index is 1170. The molecule has 2 heterocycles. The molecule has 0 spiro atoms. The SMILES string of the molecule is CC(CC1(C(N)=O)CC=C(c2cccc(C(F)(F)F)c2)C2=C1CN(C(N)=O)CC2)c1ccno1. The highest BCUT2D eigenvalue weighted by Gasteiger charge is 2.47. The first-order valence-electron chi connectivity index (χ1n) is 10.9. The number of nitrogens with two attached hydrogens (primary N) is 2. The van der Waals surface area contributed by atoms with Gasteiger partial charge < -0.3 is 20.9 Å². The van der Waals surface area contributed by atoms with Crippen LogP contribution in [0.15, 0.2) is 58.3 Å². The zero-order chi connectivity index (χ0) is 24.7. The van der Waals surface area contributed by atoms with E-state index in [-0.39, 0.29) is 31.8 Å². The Morgan fingerprint density at radius 1 is 1.26 bits per heavy atom. The van der Waals surface area contributed by atoms with Crippen LogP contribution in [0.25, 0.3) is 5.57 Å². The topological polar surface area (TPSA) is 115 Å². The summed E-state index contributed by atoms with van der Waals surface area (Å²) in [5, 5.41) is 3.72. The van der Waals surface area contributed by atoms with Gasteiger partial charge in [-0.05, 0) is 53.7 Å². The van der Waals surface area contributed by atoms with Crippen LogP contribution in [0.1, 0.15) is 49.0 Å². The largest absolute Gasteiger partial charge is 0.416 e. The molecule has 1 aliphatic heterocycles. The highest BCUT2D eigenvalue weighted by Crippen LogP contribution is 2.51. The summed E-state index contributed by atoms with van der Waals surface area (Å²) in [6, 6.07) is 6.16. The lowest BCUT2D eigenvalue weighted by atomic mass is 9.63. The van der Waals surface area contributed by atoms with Crippen LogP contribution in [0.3, 0.4) is 0 Å². The van der Waals surface area contributed by atoms with Gasteiger partial charge >= 0.3 is 12.2 Å². The van der Waals surface area contributed by atoms with Crippen molar-refractivity contribution in [2.75, 3.05) is 13.1 Å². The number of primary amides is 2. The molecule has 2 atom stereocenters. The summed E-state index contributed by atoms with van der Waals surface area (Å²) in [5.41, 5.74) is 12.0. The Morgan fingerprint density at radius 3 is 2.65 bits per heavy atom. The number of hydrogen-bond acceptors (Lipinski definition) is 4. The zero-order valence-corrected chi connectivity index (χ0v) is 18.6. The first-order chi connectivity index (χ1) is 16.0. The number of amides is 3. The van der Waals surface area contributed by atoms with Crippen molar-refractivity contribution in [1.29, 1.82) is 0 Å². The Labute approximate surface area is 194 Å². The minimum atomic E-state index is -4.48. The molecule has 10 heteroatoms. The second-order valence-corrected chi connectivity index (χ2v) is 8.83. The van der Waals surface area contributed by atoms with Crippen molar-refractivity contribution in [1.82, 2.24) is 10.1 Å². The van der Waals surface area contributed by atoms with Crippen molar-refractivity contribution in [2.45, 2.75) is 38.3 Å². The fourth-order valence-corrected chi connectivity index (χ4v) is 5.03. The van der Waals surface area contributed by atoms with Crippen LogP contribution in [0.2, 0.25) is 0 Å². The normalized spacial score (nSPS) is 21.6. The molecule has 1 aromatic heterocycles. The summed E-state index contributed by atoms with van der Waals surface area (Å²) < 4.78 is 45.3. The molecule has 1 aliphatic carbocycles. The van der Waals surface area contributed by atoms with Crippen LogP contribution in [0.4, 0.5) is 18.0 Å². The van der Waals surface area contributed by atoms with Crippen LogP contribution < -0.4 is 11.5 Å². The lowest BCUT2D eigenvalue weighted by Gasteiger charge is -2.44. The summed E-state index contributed by atoms with van der Waals surface area (Å²) in [6.45, 7) is 2.25. The molecule has 0 fully saturated rings. The molecule has 0 saturated carbocycles. The smallest absolute Gasteiger partial charge is 0.369 e. The standard InChI is InChI=1S/C24H25F3N4O3/c1-14(20-6-9-30-34-20)12-23(21(28)32)8-5-17(15-3-2-4-16(11-15)24(25,26)27)18-7-10-31(22(29)33)13-19(18)23/h2-6,9,11,14H,7-8,10,12-13H2,1H3,(H2,28,32)(H2,29,33). The van der Waals surface area contributed by atoms with E-state index in [0.29, 0.717) is 28.9 Å². The minimum Gasteiger partial charge on any atom is -0.369 e. The number of aromatic nitrogens is 1. The summed E-state index contributed by atoms with van der Waals surface area (Å²) in [7, 11) is 0. The predicted molar refractivity (Wildman–Crippen MR) is 118 cm³/mol. The number of rotatable bonds is 5.